The van der Waals surface area contributed by atoms with Crippen molar-refractivity contribution in [2.24, 2.45) is 0 Å². The van der Waals surface area contributed by atoms with Gasteiger partial charge in [0.1, 0.15) is 0 Å². The third-order valence-electron chi connectivity index (χ3n) is 4.71. The third-order valence-corrected chi connectivity index (χ3v) is 4.71. The maximum atomic E-state index is 4.88. The van der Waals surface area contributed by atoms with E-state index in [9.17, 15) is 0 Å². The quantitative estimate of drug-likeness (QED) is 0.685. The number of rotatable bonds is 3. The molecule has 0 N–H and O–H groups in total. The van der Waals surface area contributed by atoms with Gasteiger partial charge >= 0.3 is 0 Å². The molecule has 2 aromatic carbocycles. The Balaban J connectivity index is 1.77. The second kappa shape index (κ2) is 6.51. The van der Waals surface area contributed by atoms with Crippen LogP contribution in [0.5, 0.6) is 0 Å². The van der Waals surface area contributed by atoms with E-state index in [1.54, 1.807) is 0 Å². The smallest absolute Gasteiger partial charge is 0.0712 e. The SMILES string of the molecule is c1ccc(-c2cc(CN3CCCCC3)c3ccccc3n2)cc1. The summed E-state index contributed by atoms with van der Waals surface area (Å²) in [4.78, 5) is 7.46. The number of fused-ring (bicyclic) bond motifs is 1. The van der Waals surface area contributed by atoms with Crippen LogP contribution in [0.1, 0.15) is 24.8 Å². The van der Waals surface area contributed by atoms with Crippen LogP contribution < -0.4 is 0 Å². The number of pyridine rings is 1. The molecule has 0 aliphatic carbocycles. The number of piperidine rings is 1. The first-order valence-corrected chi connectivity index (χ1v) is 8.56. The van der Waals surface area contributed by atoms with Crippen molar-refractivity contribution < 1.29 is 0 Å². The van der Waals surface area contributed by atoms with Crippen LogP contribution in [0.15, 0.2) is 60.7 Å². The topological polar surface area (TPSA) is 16.1 Å². The van der Waals surface area contributed by atoms with E-state index in [-0.39, 0.29) is 0 Å². The summed E-state index contributed by atoms with van der Waals surface area (Å²) in [6, 6.07) is 21.3. The summed E-state index contributed by atoms with van der Waals surface area (Å²) in [5, 5.41) is 1.29. The molecule has 1 fully saturated rings. The minimum atomic E-state index is 1.03. The first-order valence-electron chi connectivity index (χ1n) is 8.56. The number of para-hydroxylation sites is 1. The Morgan fingerprint density at radius 2 is 1.57 bits per heavy atom. The van der Waals surface area contributed by atoms with Crippen LogP contribution >= 0.6 is 0 Å². The molecule has 4 rings (SSSR count). The number of hydrogen-bond donors (Lipinski definition) is 0. The molecule has 2 heterocycles. The summed E-state index contributed by atoms with van der Waals surface area (Å²) in [6.07, 6.45) is 4.03. The largest absolute Gasteiger partial charge is 0.299 e. The van der Waals surface area contributed by atoms with Gasteiger partial charge in [0.25, 0.3) is 0 Å². The van der Waals surface area contributed by atoms with Gasteiger partial charge in [-0.05, 0) is 43.6 Å². The molecule has 0 atom stereocenters. The van der Waals surface area contributed by atoms with E-state index in [1.807, 2.05) is 0 Å². The van der Waals surface area contributed by atoms with Crippen molar-refractivity contribution in [1.29, 1.82) is 0 Å². The van der Waals surface area contributed by atoms with Crippen molar-refractivity contribution >= 4 is 10.9 Å². The summed E-state index contributed by atoms with van der Waals surface area (Å²) < 4.78 is 0. The van der Waals surface area contributed by atoms with Gasteiger partial charge in [-0.1, -0.05) is 55.0 Å². The lowest BCUT2D eigenvalue weighted by Crippen LogP contribution is -2.29. The fourth-order valence-electron chi connectivity index (χ4n) is 3.49. The zero-order valence-electron chi connectivity index (χ0n) is 13.4. The minimum Gasteiger partial charge on any atom is -0.299 e. The monoisotopic (exact) mass is 302 g/mol. The predicted molar refractivity (Wildman–Crippen MR) is 96.3 cm³/mol. The number of aromatic nitrogens is 1. The Kier molecular flexibility index (Phi) is 4.08. The first-order chi connectivity index (χ1) is 11.4. The molecule has 0 saturated carbocycles. The molecule has 0 bridgehead atoms. The van der Waals surface area contributed by atoms with Gasteiger partial charge in [-0.15, -0.1) is 0 Å². The zero-order valence-corrected chi connectivity index (χ0v) is 13.4. The van der Waals surface area contributed by atoms with Gasteiger partial charge in [-0.2, -0.15) is 0 Å². The van der Waals surface area contributed by atoms with E-state index < -0.39 is 0 Å². The lowest BCUT2D eigenvalue weighted by atomic mass is 10.0. The standard InChI is InChI=1S/C21H22N2/c1-3-9-17(10-4-1)21-15-18(16-23-13-7-2-8-14-23)19-11-5-6-12-20(19)22-21/h1,3-6,9-12,15H,2,7-8,13-14,16H2. The normalized spacial score (nSPS) is 15.8. The molecule has 1 aliphatic heterocycles. The predicted octanol–water partition coefficient (Wildman–Crippen LogP) is 4.89. The van der Waals surface area contributed by atoms with Gasteiger partial charge in [-0.3, -0.25) is 4.90 Å². The number of likely N-dealkylation sites (tertiary alicyclic amines) is 1. The Morgan fingerprint density at radius 3 is 2.39 bits per heavy atom. The van der Waals surface area contributed by atoms with Crippen LogP contribution in [0.25, 0.3) is 22.2 Å². The first kappa shape index (κ1) is 14.4. The van der Waals surface area contributed by atoms with Crippen molar-refractivity contribution in [3.8, 4) is 11.3 Å². The highest BCUT2D eigenvalue weighted by Crippen LogP contribution is 2.26. The Labute approximate surface area is 137 Å². The molecule has 0 amide bonds. The second-order valence-corrected chi connectivity index (χ2v) is 6.39. The Morgan fingerprint density at radius 1 is 0.826 bits per heavy atom. The summed E-state index contributed by atoms with van der Waals surface area (Å²) in [5.41, 5.74) is 4.77. The molecule has 2 heteroatoms. The van der Waals surface area contributed by atoms with Crippen LogP contribution in [0, 0.1) is 0 Å². The van der Waals surface area contributed by atoms with E-state index in [2.05, 4.69) is 65.6 Å². The Hall–Kier alpha value is -2.19. The maximum absolute atomic E-state index is 4.88. The van der Waals surface area contributed by atoms with Gasteiger partial charge in [0.15, 0.2) is 0 Å². The lowest BCUT2D eigenvalue weighted by molar-refractivity contribution is 0.221. The molecule has 1 saturated heterocycles. The van der Waals surface area contributed by atoms with Gasteiger partial charge in [-0.25, -0.2) is 4.98 Å². The van der Waals surface area contributed by atoms with Crippen molar-refractivity contribution in [2.45, 2.75) is 25.8 Å². The molecule has 1 aliphatic rings. The van der Waals surface area contributed by atoms with Crippen LogP contribution in [-0.4, -0.2) is 23.0 Å². The molecule has 0 spiro atoms. The summed E-state index contributed by atoms with van der Waals surface area (Å²) >= 11 is 0. The molecule has 3 aromatic rings. The van der Waals surface area contributed by atoms with E-state index >= 15 is 0 Å². The minimum absolute atomic E-state index is 1.03. The molecule has 2 nitrogen and oxygen atoms in total. The van der Waals surface area contributed by atoms with Crippen molar-refractivity contribution in [3.63, 3.8) is 0 Å². The number of hydrogen-bond acceptors (Lipinski definition) is 2. The van der Waals surface area contributed by atoms with Crippen molar-refractivity contribution in [3.05, 3.63) is 66.2 Å². The molecular formula is C21H22N2. The van der Waals surface area contributed by atoms with Gasteiger partial charge < -0.3 is 0 Å². The van der Waals surface area contributed by atoms with E-state index in [0.717, 1.165) is 17.8 Å². The number of benzene rings is 2. The van der Waals surface area contributed by atoms with Crippen molar-refractivity contribution in [1.82, 2.24) is 9.88 Å². The zero-order chi connectivity index (χ0) is 15.5. The van der Waals surface area contributed by atoms with E-state index in [4.69, 9.17) is 4.98 Å². The molecule has 0 radical (unpaired) electrons. The van der Waals surface area contributed by atoms with E-state index in [0.29, 0.717) is 0 Å². The van der Waals surface area contributed by atoms with Crippen molar-refractivity contribution in [2.75, 3.05) is 13.1 Å². The lowest BCUT2D eigenvalue weighted by Gasteiger charge is -2.27. The molecule has 0 unspecified atom stereocenters. The molecule has 116 valence electrons. The summed E-state index contributed by atoms with van der Waals surface area (Å²) in [7, 11) is 0. The second-order valence-electron chi connectivity index (χ2n) is 6.39. The van der Waals surface area contributed by atoms with E-state index in [1.165, 1.54) is 48.9 Å². The van der Waals surface area contributed by atoms with Crippen LogP contribution in [0.3, 0.4) is 0 Å². The van der Waals surface area contributed by atoms with Gasteiger partial charge in [0.05, 0.1) is 11.2 Å². The highest BCUT2D eigenvalue weighted by Gasteiger charge is 2.13. The average Bonchev–Trinajstić information content (AvgIpc) is 2.63. The third kappa shape index (κ3) is 3.13. The van der Waals surface area contributed by atoms with Gasteiger partial charge in [0.2, 0.25) is 0 Å². The number of nitrogens with zero attached hydrogens (tertiary/aromatic N) is 2. The van der Waals surface area contributed by atoms with Crippen LogP contribution in [0.2, 0.25) is 0 Å². The van der Waals surface area contributed by atoms with Crippen LogP contribution in [-0.2, 0) is 6.54 Å². The molecule has 1 aromatic heterocycles. The molecule has 23 heavy (non-hydrogen) atoms. The summed E-state index contributed by atoms with van der Waals surface area (Å²) in [6.45, 7) is 3.47. The Bertz CT molecular complexity index is 789. The van der Waals surface area contributed by atoms with Gasteiger partial charge in [0, 0.05) is 17.5 Å². The fraction of sp³-hybridized carbons (Fsp3) is 0.286. The fourth-order valence-corrected chi connectivity index (χ4v) is 3.49. The van der Waals surface area contributed by atoms with Crippen LogP contribution in [0.4, 0.5) is 0 Å². The molecular weight excluding hydrogens is 280 g/mol. The maximum Gasteiger partial charge on any atom is 0.0712 e. The average molecular weight is 302 g/mol. The summed E-state index contributed by atoms with van der Waals surface area (Å²) in [5.74, 6) is 0. The highest BCUT2D eigenvalue weighted by molar-refractivity contribution is 5.85. The highest BCUT2D eigenvalue weighted by atomic mass is 15.1.